The summed E-state index contributed by atoms with van der Waals surface area (Å²) in [7, 11) is 0. The van der Waals surface area contributed by atoms with Crippen LogP contribution in [0.25, 0.3) is 0 Å². The molecule has 18 heavy (non-hydrogen) atoms. The van der Waals surface area contributed by atoms with Crippen molar-refractivity contribution < 1.29 is 9.53 Å². The number of hydrogen-bond donors (Lipinski definition) is 0. The first kappa shape index (κ1) is 12.4. The molecule has 2 rings (SSSR count). The molecular weight excluding hydrogens is 228 g/mol. The lowest BCUT2D eigenvalue weighted by Gasteiger charge is -2.02. The van der Waals surface area contributed by atoms with E-state index in [9.17, 15) is 4.79 Å². The molecule has 1 aromatic heterocycles. The Bertz CT molecular complexity index is 506. The van der Waals surface area contributed by atoms with E-state index < -0.39 is 0 Å². The third-order valence-electron chi connectivity index (χ3n) is 2.62. The van der Waals surface area contributed by atoms with Gasteiger partial charge in [0, 0.05) is 12.7 Å². The first-order valence-electron chi connectivity index (χ1n) is 6.02. The number of carbonyl (C=O) groups excluding carboxylic acids is 1. The molecule has 4 nitrogen and oxygen atoms in total. The second-order valence-corrected chi connectivity index (χ2v) is 3.95. The average Bonchev–Trinajstić information content (AvgIpc) is 2.87. The second kappa shape index (κ2) is 6.00. The Hall–Kier alpha value is -2.10. The average molecular weight is 244 g/mol. The van der Waals surface area contributed by atoms with Gasteiger partial charge in [-0.05, 0) is 18.9 Å². The van der Waals surface area contributed by atoms with Crippen LogP contribution in [-0.4, -0.2) is 22.1 Å². The molecule has 0 N–H and O–H groups in total. The number of carbonyl (C=O) groups is 1. The molecule has 0 fully saturated rings. The number of hydrogen-bond acceptors (Lipinski definition) is 3. The van der Waals surface area contributed by atoms with Gasteiger partial charge in [-0.15, -0.1) is 0 Å². The number of nitrogens with zero attached hydrogens (tertiary/aromatic N) is 2. The van der Waals surface area contributed by atoms with Crippen LogP contribution in [0.2, 0.25) is 0 Å². The summed E-state index contributed by atoms with van der Waals surface area (Å²) in [5.41, 5.74) is 1.63. The number of rotatable bonds is 5. The van der Waals surface area contributed by atoms with Gasteiger partial charge in [0.25, 0.3) is 0 Å². The van der Waals surface area contributed by atoms with Crippen LogP contribution >= 0.6 is 0 Å². The molecule has 0 spiro atoms. The minimum absolute atomic E-state index is 0.365. The van der Waals surface area contributed by atoms with Crippen molar-refractivity contribution in [3.63, 3.8) is 0 Å². The molecule has 0 amide bonds. The van der Waals surface area contributed by atoms with Gasteiger partial charge in [-0.1, -0.05) is 30.3 Å². The fourth-order valence-electron chi connectivity index (χ4n) is 1.70. The molecule has 0 aliphatic rings. The van der Waals surface area contributed by atoms with Gasteiger partial charge in [-0.25, -0.2) is 9.78 Å². The van der Waals surface area contributed by atoms with E-state index in [0.717, 1.165) is 13.0 Å². The first-order chi connectivity index (χ1) is 8.79. The highest BCUT2D eigenvalue weighted by Crippen LogP contribution is 2.04. The highest BCUT2D eigenvalue weighted by Gasteiger charge is 2.09. The normalized spacial score (nSPS) is 10.3. The largest absolute Gasteiger partial charge is 0.461 e. The summed E-state index contributed by atoms with van der Waals surface area (Å²) in [6.07, 6.45) is 4.30. The van der Waals surface area contributed by atoms with E-state index in [0.29, 0.717) is 12.3 Å². The quantitative estimate of drug-likeness (QED) is 0.758. The Labute approximate surface area is 106 Å². The lowest BCUT2D eigenvalue weighted by Crippen LogP contribution is -2.05. The Morgan fingerprint density at radius 1 is 1.33 bits per heavy atom. The molecule has 0 saturated heterocycles. The molecule has 0 radical (unpaired) electrons. The summed E-state index contributed by atoms with van der Waals surface area (Å²) in [6, 6.07) is 10.2. The minimum Gasteiger partial charge on any atom is -0.461 e. The lowest BCUT2D eigenvalue weighted by atomic mass is 10.1. The predicted octanol–water partition coefficient (Wildman–Crippen LogP) is 2.30. The molecule has 4 heteroatoms. The van der Waals surface area contributed by atoms with Gasteiger partial charge in [0.2, 0.25) is 0 Å². The number of imidazole rings is 1. The van der Waals surface area contributed by atoms with Crippen LogP contribution in [-0.2, 0) is 17.7 Å². The number of benzene rings is 1. The zero-order valence-electron chi connectivity index (χ0n) is 10.4. The van der Waals surface area contributed by atoms with Crippen LogP contribution in [0.1, 0.15) is 23.0 Å². The molecule has 0 saturated carbocycles. The van der Waals surface area contributed by atoms with Crippen molar-refractivity contribution >= 4 is 5.97 Å². The Morgan fingerprint density at radius 3 is 2.83 bits per heavy atom. The maximum absolute atomic E-state index is 11.4. The maximum Gasteiger partial charge on any atom is 0.358 e. The van der Waals surface area contributed by atoms with E-state index in [4.69, 9.17) is 4.74 Å². The van der Waals surface area contributed by atoms with Gasteiger partial charge in [-0.3, -0.25) is 0 Å². The zero-order chi connectivity index (χ0) is 12.8. The van der Waals surface area contributed by atoms with E-state index in [1.165, 1.54) is 5.56 Å². The summed E-state index contributed by atoms with van der Waals surface area (Å²) >= 11 is 0. The second-order valence-electron chi connectivity index (χ2n) is 3.95. The molecular formula is C14H16N2O2. The molecule has 0 aliphatic carbocycles. The fourth-order valence-corrected chi connectivity index (χ4v) is 1.70. The Morgan fingerprint density at radius 2 is 2.11 bits per heavy atom. The van der Waals surface area contributed by atoms with Crippen molar-refractivity contribution in [2.24, 2.45) is 0 Å². The lowest BCUT2D eigenvalue weighted by molar-refractivity contribution is 0.0520. The summed E-state index contributed by atoms with van der Waals surface area (Å²) < 4.78 is 6.79. The molecule has 94 valence electrons. The van der Waals surface area contributed by atoms with E-state index in [1.807, 2.05) is 22.8 Å². The number of aryl methyl sites for hydroxylation is 2. The number of esters is 1. The number of aromatic nitrogens is 2. The molecule has 1 heterocycles. The molecule has 2 aromatic rings. The van der Waals surface area contributed by atoms with Crippen LogP contribution in [0.15, 0.2) is 42.9 Å². The smallest absolute Gasteiger partial charge is 0.358 e. The summed E-state index contributed by atoms with van der Waals surface area (Å²) in [5.74, 6) is -0.365. The minimum atomic E-state index is -0.365. The van der Waals surface area contributed by atoms with Crippen molar-refractivity contribution in [2.75, 3.05) is 6.61 Å². The molecule has 0 atom stereocenters. The molecule has 0 unspecified atom stereocenters. The van der Waals surface area contributed by atoms with Gasteiger partial charge in [-0.2, -0.15) is 0 Å². The van der Waals surface area contributed by atoms with Gasteiger partial charge in [0.05, 0.1) is 12.9 Å². The monoisotopic (exact) mass is 244 g/mol. The third kappa shape index (κ3) is 3.20. The van der Waals surface area contributed by atoms with E-state index in [2.05, 4.69) is 17.1 Å². The molecule has 0 bridgehead atoms. The van der Waals surface area contributed by atoms with Crippen molar-refractivity contribution in [3.05, 3.63) is 54.1 Å². The summed E-state index contributed by atoms with van der Waals surface area (Å²) in [4.78, 5) is 15.5. The third-order valence-corrected chi connectivity index (χ3v) is 2.62. The highest BCUT2D eigenvalue weighted by molar-refractivity contribution is 5.86. The number of ether oxygens (including phenoxy) is 1. The van der Waals surface area contributed by atoms with Gasteiger partial charge in [0.1, 0.15) is 0 Å². The Kier molecular flexibility index (Phi) is 4.12. The first-order valence-corrected chi connectivity index (χ1v) is 6.02. The van der Waals surface area contributed by atoms with Crippen LogP contribution in [0.4, 0.5) is 0 Å². The highest BCUT2D eigenvalue weighted by atomic mass is 16.5. The topological polar surface area (TPSA) is 44.1 Å². The van der Waals surface area contributed by atoms with Gasteiger partial charge < -0.3 is 9.30 Å². The van der Waals surface area contributed by atoms with Crippen LogP contribution in [0.3, 0.4) is 0 Å². The predicted molar refractivity (Wildman–Crippen MR) is 68.3 cm³/mol. The van der Waals surface area contributed by atoms with Crippen LogP contribution in [0.5, 0.6) is 0 Å². The fraction of sp³-hybridized carbons (Fsp3) is 0.286. The van der Waals surface area contributed by atoms with E-state index in [1.54, 1.807) is 19.4 Å². The van der Waals surface area contributed by atoms with Crippen molar-refractivity contribution in [2.45, 2.75) is 19.9 Å². The summed E-state index contributed by atoms with van der Waals surface area (Å²) in [5, 5.41) is 0. The Balaban J connectivity index is 1.93. The maximum atomic E-state index is 11.4. The standard InChI is InChI=1S/C14H16N2O2/c1-2-18-14(17)13-10-16(11-15-13)9-8-12-6-4-3-5-7-12/h3-7,10-11H,2,8-9H2,1H3. The van der Waals surface area contributed by atoms with Crippen LogP contribution in [0, 0.1) is 0 Å². The van der Waals surface area contributed by atoms with Gasteiger partial charge >= 0.3 is 5.97 Å². The van der Waals surface area contributed by atoms with Crippen molar-refractivity contribution in [1.29, 1.82) is 0 Å². The van der Waals surface area contributed by atoms with Crippen molar-refractivity contribution in [1.82, 2.24) is 9.55 Å². The van der Waals surface area contributed by atoms with Crippen molar-refractivity contribution in [3.8, 4) is 0 Å². The zero-order valence-corrected chi connectivity index (χ0v) is 10.4. The summed E-state index contributed by atoms with van der Waals surface area (Å²) in [6.45, 7) is 2.95. The molecule has 1 aromatic carbocycles. The van der Waals surface area contributed by atoms with Crippen LogP contribution < -0.4 is 0 Å². The van der Waals surface area contributed by atoms with Gasteiger partial charge in [0.15, 0.2) is 5.69 Å². The van der Waals surface area contributed by atoms with E-state index >= 15 is 0 Å². The molecule has 0 aliphatic heterocycles. The van der Waals surface area contributed by atoms with E-state index in [-0.39, 0.29) is 5.97 Å². The SMILES string of the molecule is CCOC(=O)c1cn(CCc2ccccc2)cn1.